The largest absolute Gasteiger partial charge is 0.465 e. The Morgan fingerprint density at radius 2 is 1.95 bits per heavy atom. The van der Waals surface area contributed by atoms with Gasteiger partial charge in [0, 0.05) is 12.3 Å². The Morgan fingerprint density at radius 3 is 2.73 bits per heavy atom. The van der Waals surface area contributed by atoms with Crippen LogP contribution in [0.25, 0.3) is 0 Å². The molecule has 1 heterocycles. The monoisotopic (exact) mass is 302 g/mol. The van der Waals surface area contributed by atoms with Crippen LogP contribution in [-0.2, 0) is 14.3 Å². The quantitative estimate of drug-likeness (QED) is 0.643. The summed E-state index contributed by atoms with van der Waals surface area (Å²) in [6.07, 6.45) is 6.80. The van der Waals surface area contributed by atoms with E-state index in [2.05, 4.69) is 20.8 Å². The highest BCUT2D eigenvalue weighted by atomic mass is 16.5. The second-order valence-corrected chi connectivity index (χ2v) is 8.49. The summed E-state index contributed by atoms with van der Waals surface area (Å²) >= 11 is 0. The summed E-state index contributed by atoms with van der Waals surface area (Å²) in [5.74, 6) is 2.29. The molecule has 22 heavy (non-hydrogen) atoms. The van der Waals surface area contributed by atoms with Crippen LogP contribution in [0.5, 0.6) is 0 Å². The second-order valence-electron chi connectivity index (χ2n) is 8.49. The predicted molar refractivity (Wildman–Crippen MR) is 83.0 cm³/mol. The lowest BCUT2D eigenvalue weighted by molar-refractivity contribution is -0.148. The van der Waals surface area contributed by atoms with Crippen LogP contribution >= 0.6 is 0 Å². The molecule has 0 unspecified atom stereocenters. The van der Waals surface area contributed by atoms with E-state index in [4.69, 9.17) is 4.74 Å². The number of hydrogen-bond donors (Lipinski definition) is 0. The Kier molecular flexibility index (Phi) is 2.93. The maximum Gasteiger partial charge on any atom is 0.312 e. The molecule has 0 spiro atoms. The SMILES string of the molecule is C[C@H]1CC(=O)C=C2CC[C@@H]3[C@H](CC[C@]4(C)C(=O)OC[C@@H]34)[C@]21C. The van der Waals surface area contributed by atoms with Gasteiger partial charge in [-0.1, -0.05) is 19.4 Å². The van der Waals surface area contributed by atoms with Crippen molar-refractivity contribution < 1.29 is 14.3 Å². The van der Waals surface area contributed by atoms with Crippen LogP contribution in [0.4, 0.5) is 0 Å². The highest BCUT2D eigenvalue weighted by molar-refractivity contribution is 5.92. The van der Waals surface area contributed by atoms with Gasteiger partial charge in [-0.3, -0.25) is 9.59 Å². The third-order valence-corrected chi connectivity index (χ3v) is 7.76. The molecule has 2 saturated carbocycles. The van der Waals surface area contributed by atoms with E-state index >= 15 is 0 Å². The summed E-state index contributed by atoms with van der Waals surface area (Å²) in [7, 11) is 0. The summed E-state index contributed by atoms with van der Waals surface area (Å²) in [6.45, 7) is 7.36. The van der Waals surface area contributed by atoms with Gasteiger partial charge in [-0.15, -0.1) is 0 Å². The van der Waals surface area contributed by atoms with E-state index in [-0.39, 0.29) is 16.8 Å². The van der Waals surface area contributed by atoms with Gasteiger partial charge < -0.3 is 4.74 Å². The van der Waals surface area contributed by atoms with Gasteiger partial charge in [0.25, 0.3) is 0 Å². The zero-order valence-corrected chi connectivity index (χ0v) is 13.9. The third-order valence-electron chi connectivity index (χ3n) is 7.76. The van der Waals surface area contributed by atoms with Gasteiger partial charge in [-0.25, -0.2) is 0 Å². The molecule has 0 bridgehead atoms. The van der Waals surface area contributed by atoms with Crippen LogP contribution < -0.4 is 0 Å². The minimum atomic E-state index is -0.257. The number of ether oxygens (including phenoxy) is 1. The zero-order valence-electron chi connectivity index (χ0n) is 13.9. The van der Waals surface area contributed by atoms with Gasteiger partial charge in [0.05, 0.1) is 12.0 Å². The first-order valence-electron chi connectivity index (χ1n) is 8.78. The van der Waals surface area contributed by atoms with Gasteiger partial charge in [-0.2, -0.15) is 0 Å². The molecule has 0 N–H and O–H groups in total. The molecule has 0 radical (unpaired) electrons. The van der Waals surface area contributed by atoms with Crippen molar-refractivity contribution in [2.45, 2.75) is 52.9 Å². The molecule has 0 aromatic rings. The van der Waals surface area contributed by atoms with Crippen molar-refractivity contribution in [2.75, 3.05) is 6.61 Å². The molecular formula is C19H26O3. The highest BCUT2D eigenvalue weighted by Gasteiger charge is 2.61. The van der Waals surface area contributed by atoms with E-state index in [0.29, 0.717) is 42.5 Å². The topological polar surface area (TPSA) is 43.4 Å². The molecule has 120 valence electrons. The first kappa shape index (κ1) is 14.5. The fourth-order valence-corrected chi connectivity index (χ4v) is 6.15. The van der Waals surface area contributed by atoms with Crippen molar-refractivity contribution in [1.29, 1.82) is 0 Å². The smallest absolute Gasteiger partial charge is 0.312 e. The van der Waals surface area contributed by atoms with Crippen LogP contribution in [0.3, 0.4) is 0 Å². The Labute approximate surface area is 132 Å². The average Bonchev–Trinajstić information content (AvgIpc) is 2.77. The molecule has 0 aromatic carbocycles. The molecule has 6 atom stereocenters. The summed E-state index contributed by atoms with van der Waals surface area (Å²) in [4.78, 5) is 24.2. The number of esters is 1. The number of carbonyl (C=O) groups excluding carboxylic acids is 2. The van der Waals surface area contributed by atoms with Crippen molar-refractivity contribution in [3.8, 4) is 0 Å². The number of hydrogen-bond acceptors (Lipinski definition) is 3. The molecular weight excluding hydrogens is 276 g/mol. The Balaban J connectivity index is 1.73. The van der Waals surface area contributed by atoms with E-state index in [0.717, 1.165) is 25.7 Å². The third kappa shape index (κ3) is 1.63. The number of ketones is 1. The lowest BCUT2D eigenvalue weighted by Gasteiger charge is -2.57. The molecule has 3 nitrogen and oxygen atoms in total. The average molecular weight is 302 g/mol. The summed E-state index contributed by atoms with van der Waals surface area (Å²) in [5.41, 5.74) is 1.27. The second kappa shape index (κ2) is 4.46. The van der Waals surface area contributed by atoms with Crippen molar-refractivity contribution in [1.82, 2.24) is 0 Å². The number of carbonyl (C=O) groups is 2. The van der Waals surface area contributed by atoms with Crippen molar-refractivity contribution >= 4 is 11.8 Å². The molecule has 1 saturated heterocycles. The predicted octanol–water partition coefficient (Wildman–Crippen LogP) is 3.53. The fraction of sp³-hybridized carbons (Fsp3) is 0.789. The van der Waals surface area contributed by atoms with Crippen LogP contribution in [0.1, 0.15) is 52.9 Å². The Bertz CT molecular complexity index is 577. The van der Waals surface area contributed by atoms with Crippen molar-refractivity contribution in [3.63, 3.8) is 0 Å². The number of allylic oxidation sites excluding steroid dienone is 2. The van der Waals surface area contributed by atoms with Gasteiger partial charge in [0.1, 0.15) is 0 Å². The standard InChI is InChI=1S/C19H26O3/c1-11-8-13(20)9-12-4-5-14-15(19(11,12)3)6-7-18(2)16(14)10-22-17(18)21/h9,11,14-16H,4-8,10H2,1-3H3/t11-,14+,15-,16-,18-,19-/m0/s1. The molecule has 3 aliphatic carbocycles. The zero-order chi connectivity index (χ0) is 15.7. The van der Waals surface area contributed by atoms with Crippen LogP contribution in [0.2, 0.25) is 0 Å². The van der Waals surface area contributed by atoms with Gasteiger partial charge in [0.2, 0.25) is 0 Å². The summed E-state index contributed by atoms with van der Waals surface area (Å²) < 4.78 is 5.46. The number of fused-ring (bicyclic) bond motifs is 5. The normalized spacial score (nSPS) is 50.6. The molecule has 1 aliphatic heterocycles. The maximum absolute atomic E-state index is 12.2. The summed E-state index contributed by atoms with van der Waals surface area (Å²) in [6, 6.07) is 0. The van der Waals surface area contributed by atoms with Gasteiger partial charge >= 0.3 is 5.97 Å². The van der Waals surface area contributed by atoms with Gasteiger partial charge in [-0.05, 0) is 61.9 Å². The molecule has 4 aliphatic rings. The molecule has 4 rings (SSSR count). The lowest BCUT2D eigenvalue weighted by Crippen LogP contribution is -2.53. The lowest BCUT2D eigenvalue weighted by atomic mass is 9.45. The minimum absolute atomic E-state index is 0.0225. The van der Waals surface area contributed by atoms with E-state index in [1.54, 1.807) is 0 Å². The van der Waals surface area contributed by atoms with Crippen LogP contribution in [0.15, 0.2) is 11.6 Å². The first-order chi connectivity index (χ1) is 10.4. The number of cyclic esters (lactones) is 1. The van der Waals surface area contributed by atoms with E-state index in [1.807, 2.05) is 6.08 Å². The maximum atomic E-state index is 12.2. The van der Waals surface area contributed by atoms with Crippen LogP contribution in [-0.4, -0.2) is 18.4 Å². The minimum Gasteiger partial charge on any atom is -0.465 e. The van der Waals surface area contributed by atoms with E-state index in [1.165, 1.54) is 5.57 Å². The summed E-state index contributed by atoms with van der Waals surface area (Å²) in [5, 5.41) is 0. The van der Waals surface area contributed by atoms with E-state index in [9.17, 15) is 9.59 Å². The fourth-order valence-electron chi connectivity index (χ4n) is 6.15. The number of rotatable bonds is 0. The van der Waals surface area contributed by atoms with Crippen molar-refractivity contribution in [3.05, 3.63) is 11.6 Å². The molecule has 0 aromatic heterocycles. The highest BCUT2D eigenvalue weighted by Crippen LogP contribution is 2.64. The van der Waals surface area contributed by atoms with Crippen molar-refractivity contribution in [2.24, 2.45) is 34.5 Å². The van der Waals surface area contributed by atoms with E-state index < -0.39 is 0 Å². The van der Waals surface area contributed by atoms with Gasteiger partial charge in [0.15, 0.2) is 5.78 Å². The van der Waals surface area contributed by atoms with Crippen LogP contribution in [0, 0.1) is 34.5 Å². The Morgan fingerprint density at radius 1 is 1.18 bits per heavy atom. The molecule has 3 heteroatoms. The molecule has 0 amide bonds. The Hall–Kier alpha value is -1.12. The molecule has 3 fully saturated rings. The first-order valence-corrected chi connectivity index (χ1v) is 8.78.